The number of benzene rings is 1. The first-order chi connectivity index (χ1) is 21.3. The lowest BCUT2D eigenvalue weighted by atomic mass is 10.1. The van der Waals surface area contributed by atoms with Gasteiger partial charge in [0.05, 0.1) is 48.5 Å². The molecule has 0 bridgehead atoms. The molecule has 12 heteroatoms. The van der Waals surface area contributed by atoms with Crippen molar-refractivity contribution in [2.24, 2.45) is 0 Å². The van der Waals surface area contributed by atoms with E-state index in [1.807, 2.05) is 72.9 Å². The lowest BCUT2D eigenvalue weighted by Crippen LogP contribution is -2.46. The van der Waals surface area contributed by atoms with Crippen LogP contribution in [0.5, 0.6) is 5.88 Å². The van der Waals surface area contributed by atoms with Crippen LogP contribution in [0.1, 0.15) is 69.2 Å². The smallest absolute Gasteiger partial charge is 0.410 e. The van der Waals surface area contributed by atoms with E-state index in [9.17, 15) is 14.7 Å². The molecule has 12 nitrogen and oxygen atoms in total. The Kier molecular flexibility index (Phi) is 12.2. The number of hydrogen-bond donors (Lipinski definition) is 1. The van der Waals surface area contributed by atoms with Gasteiger partial charge in [0.2, 0.25) is 5.88 Å². The molecule has 46 heavy (non-hydrogen) atoms. The van der Waals surface area contributed by atoms with Gasteiger partial charge in [0.25, 0.3) is 0 Å². The van der Waals surface area contributed by atoms with Crippen molar-refractivity contribution in [3.05, 3.63) is 30.5 Å². The van der Waals surface area contributed by atoms with Crippen LogP contribution in [0.15, 0.2) is 30.5 Å². The average Bonchev–Trinajstić information content (AvgIpc) is 3.54. The second-order valence-corrected chi connectivity index (χ2v) is 14.8. The fraction of sp³-hybridized carbons (Fsp3) is 0.706. The van der Waals surface area contributed by atoms with Gasteiger partial charge >= 0.3 is 12.2 Å². The first-order valence-corrected chi connectivity index (χ1v) is 16.2. The number of fused-ring (bicyclic) bond motifs is 1. The average molecular weight is 645 g/mol. The van der Waals surface area contributed by atoms with Crippen molar-refractivity contribution in [1.82, 2.24) is 29.6 Å². The number of nitrogens with zero attached hydrogens (tertiary/aromatic N) is 6. The topological polar surface area (TPSA) is 121 Å². The summed E-state index contributed by atoms with van der Waals surface area (Å²) in [5, 5.41) is 10.0. The van der Waals surface area contributed by atoms with Gasteiger partial charge in [-0.05, 0) is 95.5 Å². The zero-order chi connectivity index (χ0) is 34.6. The quantitative estimate of drug-likeness (QED) is 0.476. The summed E-state index contributed by atoms with van der Waals surface area (Å²) in [7, 11) is 4.02. The zero-order valence-corrected chi connectivity index (χ0v) is 29.9. The number of hydrogen-bond acceptors (Lipinski definition) is 10. The van der Waals surface area contributed by atoms with E-state index in [0.29, 0.717) is 44.1 Å². The van der Waals surface area contributed by atoms with Crippen molar-refractivity contribution in [3.63, 3.8) is 0 Å². The number of likely N-dealkylation sites (N-methyl/N-ethyl adjacent to an activating group) is 2. The highest BCUT2D eigenvalue weighted by Crippen LogP contribution is 2.25. The van der Waals surface area contributed by atoms with Gasteiger partial charge < -0.3 is 29.1 Å². The number of aromatic nitrogens is 2. The van der Waals surface area contributed by atoms with Crippen molar-refractivity contribution in [1.29, 1.82) is 0 Å². The van der Waals surface area contributed by atoms with E-state index in [4.69, 9.17) is 14.2 Å². The van der Waals surface area contributed by atoms with Gasteiger partial charge in [-0.3, -0.25) is 9.80 Å². The molecule has 0 radical (unpaired) electrons. The molecule has 0 aliphatic carbocycles. The Morgan fingerprint density at radius 1 is 0.804 bits per heavy atom. The lowest BCUT2D eigenvalue weighted by molar-refractivity contribution is 0.0261. The Labute approximate surface area is 275 Å². The number of amides is 2. The molecule has 3 heterocycles. The van der Waals surface area contributed by atoms with Crippen LogP contribution in [-0.4, -0.2) is 135 Å². The van der Waals surface area contributed by atoms with Crippen molar-refractivity contribution < 1.29 is 28.9 Å². The van der Waals surface area contributed by atoms with Crippen LogP contribution < -0.4 is 4.74 Å². The molecular formula is C34H56N6O6. The molecule has 2 aliphatic heterocycles. The molecule has 258 valence electrons. The fourth-order valence-electron chi connectivity index (χ4n) is 5.30. The van der Waals surface area contributed by atoms with Gasteiger partial charge in [0.1, 0.15) is 17.3 Å². The van der Waals surface area contributed by atoms with Gasteiger partial charge in [0.15, 0.2) is 0 Å². The van der Waals surface area contributed by atoms with Gasteiger partial charge in [-0.15, -0.1) is 0 Å². The summed E-state index contributed by atoms with van der Waals surface area (Å²) >= 11 is 0. The molecule has 1 aromatic heterocycles. The fourth-order valence-corrected chi connectivity index (χ4v) is 5.30. The predicted octanol–water partition coefficient (Wildman–Crippen LogP) is 4.64. The third-order valence-electron chi connectivity index (χ3n) is 8.17. The maximum atomic E-state index is 12.6. The van der Waals surface area contributed by atoms with Crippen molar-refractivity contribution in [2.75, 3.05) is 40.3 Å². The standard InChI is InChI=1S/C21H30N4O3.C13H26N2O3/c1-14(2)24(6)17-12-25(20(26)28-21(3,4)5)13-18(17)27-19-11-22-15-9-7-8-10-16(15)23-19;1-9(2)14(6)10-7-15(8-11(10)16)12(17)18-13(3,4)5/h7-11,14,17-18H,12-13H2,1-6H3;9-11,16H,7-8H2,1-6H3. The molecular weight excluding hydrogens is 588 g/mol. The van der Waals surface area contributed by atoms with E-state index in [2.05, 4.69) is 54.5 Å². The monoisotopic (exact) mass is 644 g/mol. The Morgan fingerprint density at radius 2 is 1.28 bits per heavy atom. The zero-order valence-electron chi connectivity index (χ0n) is 29.9. The summed E-state index contributed by atoms with van der Waals surface area (Å²) in [6.45, 7) is 21.4. The number of aliphatic hydroxyl groups is 1. The number of aliphatic hydroxyl groups excluding tert-OH is 1. The third kappa shape index (κ3) is 10.4. The second-order valence-electron chi connectivity index (χ2n) is 14.8. The minimum absolute atomic E-state index is 0.0162. The number of carbonyl (C=O) groups excluding carboxylic acids is 2. The highest BCUT2D eigenvalue weighted by atomic mass is 16.6. The van der Waals surface area contributed by atoms with Gasteiger partial charge in [-0.1, -0.05) is 12.1 Å². The summed E-state index contributed by atoms with van der Waals surface area (Å²) in [6.07, 6.45) is 0.261. The molecule has 0 saturated carbocycles. The van der Waals surface area contributed by atoms with Crippen molar-refractivity contribution >= 4 is 23.2 Å². The van der Waals surface area contributed by atoms with Crippen LogP contribution in [0.4, 0.5) is 9.59 Å². The Morgan fingerprint density at radius 3 is 1.80 bits per heavy atom. The molecule has 4 unspecified atom stereocenters. The van der Waals surface area contributed by atoms with Gasteiger partial charge in [-0.2, -0.15) is 0 Å². The Hall–Kier alpha value is -3.22. The van der Waals surface area contributed by atoms with E-state index in [1.54, 1.807) is 16.0 Å². The molecule has 1 N–H and O–H groups in total. The molecule has 2 saturated heterocycles. The molecule has 4 atom stereocenters. The Bertz CT molecular complexity index is 1310. The van der Waals surface area contributed by atoms with Gasteiger partial charge in [0, 0.05) is 25.2 Å². The minimum Gasteiger partial charge on any atom is -0.470 e. The summed E-state index contributed by atoms with van der Waals surface area (Å²) < 4.78 is 17.1. The predicted molar refractivity (Wildman–Crippen MR) is 179 cm³/mol. The number of ether oxygens (including phenoxy) is 3. The first kappa shape index (κ1) is 37.2. The molecule has 0 spiro atoms. The van der Waals surface area contributed by atoms with Crippen LogP contribution in [0.3, 0.4) is 0 Å². The van der Waals surface area contributed by atoms with Crippen LogP contribution in [-0.2, 0) is 9.47 Å². The highest BCUT2D eigenvalue weighted by molar-refractivity contribution is 5.74. The number of carbonyl (C=O) groups is 2. The second kappa shape index (κ2) is 15.1. The van der Waals surface area contributed by atoms with E-state index >= 15 is 0 Å². The first-order valence-electron chi connectivity index (χ1n) is 16.2. The number of rotatable bonds is 6. The van der Waals surface area contributed by atoms with Crippen LogP contribution in [0.25, 0.3) is 11.0 Å². The molecule has 2 fully saturated rings. The van der Waals surface area contributed by atoms with E-state index < -0.39 is 17.3 Å². The van der Waals surface area contributed by atoms with Crippen molar-refractivity contribution in [2.45, 2.75) is 117 Å². The largest absolute Gasteiger partial charge is 0.470 e. The maximum absolute atomic E-state index is 12.6. The van der Waals surface area contributed by atoms with Crippen molar-refractivity contribution in [3.8, 4) is 5.88 Å². The highest BCUT2D eigenvalue weighted by Gasteiger charge is 2.42. The maximum Gasteiger partial charge on any atom is 0.410 e. The summed E-state index contributed by atoms with van der Waals surface area (Å²) in [4.78, 5) is 41.1. The van der Waals surface area contributed by atoms with Crippen LogP contribution >= 0.6 is 0 Å². The molecule has 4 rings (SSSR count). The number of likely N-dealkylation sites (tertiary alicyclic amines) is 2. The molecule has 1 aromatic carbocycles. The third-order valence-corrected chi connectivity index (χ3v) is 8.17. The van der Waals surface area contributed by atoms with Crippen LogP contribution in [0.2, 0.25) is 0 Å². The van der Waals surface area contributed by atoms with Crippen LogP contribution in [0, 0.1) is 0 Å². The van der Waals surface area contributed by atoms with Gasteiger partial charge in [-0.25, -0.2) is 19.6 Å². The SMILES string of the molecule is CC(C)N(C)C1CN(C(=O)OC(C)(C)C)CC1O.CC(C)N(C)C1CN(C(=O)OC(C)(C)C)CC1Oc1cnc2ccccc2n1. The Balaban J connectivity index is 0.000000277. The molecule has 2 aromatic rings. The summed E-state index contributed by atoms with van der Waals surface area (Å²) in [5.41, 5.74) is 0.590. The summed E-state index contributed by atoms with van der Waals surface area (Å²) in [5.74, 6) is 0.469. The molecule has 2 amide bonds. The van der Waals surface area contributed by atoms with E-state index in [1.165, 1.54) is 0 Å². The van der Waals surface area contributed by atoms with E-state index in [0.717, 1.165) is 11.0 Å². The minimum atomic E-state index is -0.528. The molecule has 2 aliphatic rings. The summed E-state index contributed by atoms with van der Waals surface area (Å²) in [6, 6.07) is 8.37. The number of β-amino-alcohol motifs (C(OH)–C–C–N with tert-alkyl or cyclic N) is 1. The lowest BCUT2D eigenvalue weighted by Gasteiger charge is -2.31. The number of para-hydroxylation sites is 2. The van der Waals surface area contributed by atoms with E-state index in [-0.39, 0.29) is 30.4 Å². The normalized spacial score (nSPS) is 22.1.